The molecule has 1 saturated heterocycles. The number of nitrogens with one attached hydrogen (secondary N) is 2. The molecule has 3 rings (SSSR count). The van der Waals surface area contributed by atoms with Gasteiger partial charge in [0, 0.05) is 32.7 Å². The van der Waals surface area contributed by atoms with Crippen molar-refractivity contribution in [2.45, 2.75) is 13.0 Å². The molecule has 1 unspecified atom stereocenters. The van der Waals surface area contributed by atoms with Gasteiger partial charge in [-0.3, -0.25) is 19.4 Å². The number of halogens is 3. The number of hydrogen-bond donors (Lipinski definition) is 2. The van der Waals surface area contributed by atoms with Crippen molar-refractivity contribution in [3.8, 4) is 11.5 Å². The van der Waals surface area contributed by atoms with Gasteiger partial charge in [-0.25, -0.2) is 13.2 Å². The van der Waals surface area contributed by atoms with Crippen LogP contribution in [0.1, 0.15) is 6.92 Å². The predicted molar refractivity (Wildman–Crippen MR) is 124 cm³/mol. The molecule has 2 aromatic carbocycles. The van der Waals surface area contributed by atoms with Crippen LogP contribution in [0.5, 0.6) is 11.5 Å². The third-order valence-electron chi connectivity index (χ3n) is 5.80. The van der Waals surface area contributed by atoms with Gasteiger partial charge in [-0.05, 0) is 43.3 Å². The fraction of sp³-hybridized carbons (Fsp3) is 0.417. The number of anilines is 1. The van der Waals surface area contributed by atoms with Crippen LogP contribution in [0.25, 0.3) is 0 Å². The van der Waals surface area contributed by atoms with Crippen molar-refractivity contribution in [2.75, 3.05) is 58.3 Å². The number of carbonyl (C=O) groups excluding carboxylic acids is 2. The molecule has 0 aromatic heterocycles. The molecule has 2 aromatic rings. The van der Waals surface area contributed by atoms with E-state index in [1.807, 2.05) is 29.2 Å². The lowest BCUT2D eigenvalue weighted by Crippen LogP contribution is -2.54. The van der Waals surface area contributed by atoms with Gasteiger partial charge in [-0.1, -0.05) is 0 Å². The largest absolute Gasteiger partial charge is 0.497 e. The van der Waals surface area contributed by atoms with Crippen LogP contribution in [0.2, 0.25) is 0 Å². The Morgan fingerprint density at radius 3 is 2.29 bits per heavy atom. The van der Waals surface area contributed by atoms with E-state index in [1.165, 1.54) is 0 Å². The van der Waals surface area contributed by atoms with Crippen molar-refractivity contribution < 1.29 is 32.2 Å². The summed E-state index contributed by atoms with van der Waals surface area (Å²) in [6, 6.07) is 8.53. The summed E-state index contributed by atoms with van der Waals surface area (Å²) < 4.78 is 50.8. The van der Waals surface area contributed by atoms with Gasteiger partial charge in [0.05, 0.1) is 25.4 Å². The van der Waals surface area contributed by atoms with E-state index in [-0.39, 0.29) is 5.91 Å². The molecule has 1 heterocycles. The average molecular weight is 495 g/mol. The number of benzene rings is 2. The number of hydrogen-bond acceptors (Lipinski definition) is 6. The molecular formula is C24H29F3N4O4. The Labute approximate surface area is 202 Å². The van der Waals surface area contributed by atoms with Gasteiger partial charge in [0.2, 0.25) is 11.8 Å². The van der Waals surface area contributed by atoms with Crippen LogP contribution < -0.4 is 20.1 Å². The number of rotatable bonds is 10. The molecule has 0 saturated carbocycles. The molecule has 0 aliphatic carbocycles. The molecule has 1 aliphatic rings. The van der Waals surface area contributed by atoms with Crippen molar-refractivity contribution in [1.29, 1.82) is 0 Å². The lowest BCUT2D eigenvalue weighted by molar-refractivity contribution is -0.128. The minimum Gasteiger partial charge on any atom is -0.497 e. The Morgan fingerprint density at radius 2 is 1.63 bits per heavy atom. The quantitative estimate of drug-likeness (QED) is 0.493. The molecule has 1 fully saturated rings. The van der Waals surface area contributed by atoms with E-state index in [1.54, 1.807) is 14.0 Å². The van der Waals surface area contributed by atoms with Crippen LogP contribution in [0.15, 0.2) is 36.4 Å². The van der Waals surface area contributed by atoms with E-state index in [0.29, 0.717) is 25.8 Å². The Bertz CT molecular complexity index is 1010. The first-order chi connectivity index (χ1) is 16.8. The number of piperazine rings is 1. The number of carbonyl (C=O) groups is 2. The smallest absolute Gasteiger partial charge is 0.243 e. The summed E-state index contributed by atoms with van der Waals surface area (Å²) in [5.74, 6) is -4.10. The molecule has 35 heavy (non-hydrogen) atoms. The van der Waals surface area contributed by atoms with Gasteiger partial charge in [0.15, 0.2) is 17.5 Å². The molecule has 0 bridgehead atoms. The highest BCUT2D eigenvalue weighted by atomic mass is 19.2. The minimum atomic E-state index is -1.67. The predicted octanol–water partition coefficient (Wildman–Crippen LogP) is 2.25. The maximum atomic E-state index is 13.7. The number of nitrogens with zero attached hydrogens (tertiary/aromatic N) is 2. The first-order valence-corrected chi connectivity index (χ1v) is 11.2. The van der Waals surface area contributed by atoms with Crippen molar-refractivity contribution in [3.05, 3.63) is 53.8 Å². The monoisotopic (exact) mass is 494 g/mol. The SMILES string of the molecule is COc1ccc(OCCN2CCN(C(C)C(=O)NCC(=O)Nc3ccc(F)c(F)c3F)CC2)cc1. The minimum absolute atomic E-state index is 0.359. The zero-order valence-electron chi connectivity index (χ0n) is 19.7. The highest BCUT2D eigenvalue weighted by Gasteiger charge is 2.26. The molecule has 2 amide bonds. The second kappa shape index (κ2) is 12.4. The van der Waals surface area contributed by atoms with Crippen LogP contribution in [-0.2, 0) is 9.59 Å². The Morgan fingerprint density at radius 1 is 0.971 bits per heavy atom. The van der Waals surface area contributed by atoms with E-state index in [9.17, 15) is 22.8 Å². The van der Waals surface area contributed by atoms with Crippen LogP contribution in [-0.4, -0.2) is 80.6 Å². The lowest BCUT2D eigenvalue weighted by atomic mass is 10.2. The number of amides is 2. The molecule has 11 heteroatoms. The van der Waals surface area contributed by atoms with Crippen molar-refractivity contribution in [3.63, 3.8) is 0 Å². The third-order valence-corrected chi connectivity index (χ3v) is 5.80. The Hall–Kier alpha value is -3.31. The zero-order valence-corrected chi connectivity index (χ0v) is 19.7. The van der Waals surface area contributed by atoms with Gasteiger partial charge < -0.3 is 20.1 Å². The molecule has 2 N–H and O–H groups in total. The first-order valence-electron chi connectivity index (χ1n) is 11.2. The second-order valence-electron chi connectivity index (χ2n) is 8.07. The lowest BCUT2D eigenvalue weighted by Gasteiger charge is -2.37. The fourth-order valence-electron chi connectivity index (χ4n) is 3.64. The van der Waals surface area contributed by atoms with Crippen LogP contribution >= 0.6 is 0 Å². The number of methoxy groups -OCH3 is 1. The first kappa shape index (κ1) is 26.3. The normalized spacial score (nSPS) is 15.3. The highest BCUT2D eigenvalue weighted by Crippen LogP contribution is 2.19. The average Bonchev–Trinajstić information content (AvgIpc) is 2.88. The summed E-state index contributed by atoms with van der Waals surface area (Å²) in [6.45, 7) is 5.47. The highest BCUT2D eigenvalue weighted by molar-refractivity contribution is 5.95. The summed E-state index contributed by atoms with van der Waals surface area (Å²) in [7, 11) is 1.61. The Balaban J connectivity index is 1.35. The van der Waals surface area contributed by atoms with Gasteiger partial charge in [0.1, 0.15) is 18.1 Å². The van der Waals surface area contributed by atoms with E-state index in [2.05, 4.69) is 15.5 Å². The number of ether oxygens (including phenoxy) is 2. The maximum absolute atomic E-state index is 13.7. The summed E-state index contributed by atoms with van der Waals surface area (Å²) in [4.78, 5) is 28.7. The maximum Gasteiger partial charge on any atom is 0.243 e. The summed E-state index contributed by atoms with van der Waals surface area (Å²) >= 11 is 0. The van der Waals surface area contributed by atoms with Gasteiger partial charge in [-0.2, -0.15) is 0 Å². The topological polar surface area (TPSA) is 83.1 Å². The zero-order chi connectivity index (χ0) is 25.4. The van der Waals surface area contributed by atoms with Crippen molar-refractivity contribution in [1.82, 2.24) is 15.1 Å². The fourth-order valence-corrected chi connectivity index (χ4v) is 3.64. The summed E-state index contributed by atoms with van der Waals surface area (Å²) in [5.41, 5.74) is -0.497. The summed E-state index contributed by atoms with van der Waals surface area (Å²) in [6.07, 6.45) is 0. The van der Waals surface area contributed by atoms with Crippen molar-refractivity contribution >= 4 is 17.5 Å². The van der Waals surface area contributed by atoms with Gasteiger partial charge in [-0.15, -0.1) is 0 Å². The molecule has 190 valence electrons. The molecule has 8 nitrogen and oxygen atoms in total. The van der Waals surface area contributed by atoms with Crippen LogP contribution in [0.3, 0.4) is 0 Å². The van der Waals surface area contributed by atoms with Crippen LogP contribution in [0.4, 0.5) is 18.9 Å². The van der Waals surface area contributed by atoms with Gasteiger partial charge in [0.25, 0.3) is 0 Å². The molecular weight excluding hydrogens is 465 g/mol. The molecule has 0 spiro atoms. The van der Waals surface area contributed by atoms with Crippen LogP contribution in [0, 0.1) is 17.5 Å². The van der Waals surface area contributed by atoms with Crippen molar-refractivity contribution in [2.24, 2.45) is 0 Å². The van der Waals surface area contributed by atoms with E-state index >= 15 is 0 Å². The second-order valence-corrected chi connectivity index (χ2v) is 8.07. The summed E-state index contributed by atoms with van der Waals surface area (Å²) in [5, 5.41) is 4.61. The standard InChI is InChI=1S/C24H29F3N4O4/c1-16(24(33)28-15-21(32)29-20-8-7-19(25)22(26)23(20)27)31-11-9-30(10-12-31)13-14-35-18-5-3-17(34-2)4-6-18/h3-8,16H,9-15H2,1-2H3,(H,28,33)(H,29,32). The molecule has 1 aliphatic heterocycles. The Kier molecular flexibility index (Phi) is 9.32. The van der Waals surface area contributed by atoms with E-state index in [4.69, 9.17) is 9.47 Å². The van der Waals surface area contributed by atoms with E-state index < -0.39 is 41.6 Å². The molecule has 0 radical (unpaired) electrons. The van der Waals surface area contributed by atoms with Gasteiger partial charge >= 0.3 is 0 Å². The van der Waals surface area contributed by atoms with E-state index in [0.717, 1.165) is 37.2 Å². The third kappa shape index (κ3) is 7.33. The molecule has 1 atom stereocenters.